The van der Waals surface area contributed by atoms with Gasteiger partial charge >= 0.3 is 17.9 Å². The zero-order chi connectivity index (χ0) is 14.6. The zero-order valence-electron chi connectivity index (χ0n) is 10.6. The summed E-state index contributed by atoms with van der Waals surface area (Å²) >= 11 is 0. The fraction of sp³-hybridized carbons (Fsp3) is 0.250. The first-order valence-electron chi connectivity index (χ1n) is 5.17. The lowest BCUT2D eigenvalue weighted by molar-refractivity contribution is -0.132. The molecule has 0 heterocycles. The van der Waals surface area contributed by atoms with Crippen LogP contribution in [0.25, 0.3) is 0 Å². The minimum Gasteiger partial charge on any atom is -0.490 e. The van der Waals surface area contributed by atoms with Crippen LogP contribution >= 0.6 is 0 Å². The van der Waals surface area contributed by atoms with Crippen LogP contribution in [0, 0.1) is 0 Å². The Hall–Kier alpha value is -2.57. The summed E-state index contributed by atoms with van der Waals surface area (Å²) in [5, 5.41) is 8.94. The second kappa shape index (κ2) is 5.85. The molecule has 0 aliphatic carbocycles. The van der Waals surface area contributed by atoms with Crippen molar-refractivity contribution >= 4 is 17.9 Å². The number of carbonyl (C=O) groups excluding carboxylic acids is 2. The molecule has 0 amide bonds. The monoisotopic (exact) mass is 268 g/mol. The van der Waals surface area contributed by atoms with Crippen molar-refractivity contribution in [1.29, 1.82) is 0 Å². The van der Waals surface area contributed by atoms with Crippen LogP contribution in [-0.2, 0) is 9.59 Å². The number of carbonyl (C=O) groups is 3. The molecule has 1 rings (SSSR count). The fourth-order valence-corrected chi connectivity index (χ4v) is 1.36. The quantitative estimate of drug-likeness (QED) is 0.647. The first kappa shape index (κ1) is 14.5. The zero-order valence-corrected chi connectivity index (χ0v) is 10.6. The molecule has 102 valence electrons. The molecule has 1 aromatic carbocycles. The van der Waals surface area contributed by atoms with Gasteiger partial charge in [0.05, 0.1) is 12.7 Å². The number of carboxylic acids is 1. The summed E-state index contributed by atoms with van der Waals surface area (Å²) in [5.74, 6) is -2.87. The van der Waals surface area contributed by atoms with E-state index in [0.717, 1.165) is 26.0 Å². The maximum atomic E-state index is 11.0. The molecule has 0 aliphatic heterocycles. The number of carboxylic acid groups (broad SMARTS) is 1. The van der Waals surface area contributed by atoms with Gasteiger partial charge in [0.15, 0.2) is 11.5 Å². The van der Waals surface area contributed by atoms with Gasteiger partial charge in [-0.3, -0.25) is 9.59 Å². The number of hydrogen-bond donors (Lipinski definition) is 1. The van der Waals surface area contributed by atoms with Gasteiger partial charge in [-0.05, 0) is 12.1 Å². The molecule has 0 spiro atoms. The van der Waals surface area contributed by atoms with Gasteiger partial charge in [-0.2, -0.15) is 0 Å². The summed E-state index contributed by atoms with van der Waals surface area (Å²) in [6, 6.07) is 2.21. The Morgan fingerprint density at radius 1 is 1.00 bits per heavy atom. The molecule has 7 nitrogen and oxygen atoms in total. The maximum absolute atomic E-state index is 11.0. The molecular formula is C12H12O7. The van der Waals surface area contributed by atoms with Gasteiger partial charge in [-0.1, -0.05) is 0 Å². The Bertz CT molecular complexity index is 496. The normalized spacial score (nSPS) is 9.63. The number of methoxy groups -OCH3 is 1. The van der Waals surface area contributed by atoms with E-state index in [4.69, 9.17) is 19.3 Å². The van der Waals surface area contributed by atoms with Crippen molar-refractivity contribution in [2.75, 3.05) is 7.11 Å². The third-order valence-corrected chi connectivity index (χ3v) is 1.98. The Morgan fingerprint density at radius 2 is 1.42 bits per heavy atom. The highest BCUT2D eigenvalue weighted by Crippen LogP contribution is 2.38. The highest BCUT2D eigenvalue weighted by molar-refractivity contribution is 5.90. The van der Waals surface area contributed by atoms with E-state index in [1.165, 1.54) is 7.11 Å². The first-order chi connectivity index (χ1) is 8.85. The smallest absolute Gasteiger partial charge is 0.335 e. The molecule has 1 aromatic rings. The average molecular weight is 268 g/mol. The fourth-order valence-electron chi connectivity index (χ4n) is 1.36. The van der Waals surface area contributed by atoms with Gasteiger partial charge in [0.25, 0.3) is 0 Å². The lowest BCUT2D eigenvalue weighted by Crippen LogP contribution is -2.09. The van der Waals surface area contributed by atoms with Crippen LogP contribution in [0.1, 0.15) is 24.2 Å². The highest BCUT2D eigenvalue weighted by Gasteiger charge is 2.19. The second-order valence-corrected chi connectivity index (χ2v) is 3.50. The van der Waals surface area contributed by atoms with Gasteiger partial charge in [-0.15, -0.1) is 0 Å². The molecule has 0 unspecified atom stereocenters. The summed E-state index contributed by atoms with van der Waals surface area (Å²) in [7, 11) is 1.27. The number of rotatable bonds is 4. The molecule has 0 atom stereocenters. The van der Waals surface area contributed by atoms with Crippen LogP contribution in [0.4, 0.5) is 0 Å². The van der Waals surface area contributed by atoms with Crippen molar-refractivity contribution in [2.45, 2.75) is 13.8 Å². The minimum atomic E-state index is -1.26. The molecule has 0 aliphatic rings. The third-order valence-electron chi connectivity index (χ3n) is 1.98. The van der Waals surface area contributed by atoms with Crippen molar-refractivity contribution < 1.29 is 33.7 Å². The third kappa shape index (κ3) is 3.70. The van der Waals surface area contributed by atoms with Crippen molar-refractivity contribution in [3.05, 3.63) is 17.7 Å². The molecule has 0 bridgehead atoms. The summed E-state index contributed by atoms with van der Waals surface area (Å²) in [6.07, 6.45) is 0. The predicted molar refractivity (Wildman–Crippen MR) is 62.6 cm³/mol. The molecular weight excluding hydrogens is 256 g/mol. The Labute approximate surface area is 108 Å². The lowest BCUT2D eigenvalue weighted by atomic mass is 10.2. The molecule has 19 heavy (non-hydrogen) atoms. The topological polar surface area (TPSA) is 99.1 Å². The van der Waals surface area contributed by atoms with E-state index in [1.54, 1.807) is 0 Å². The van der Waals surface area contributed by atoms with Gasteiger partial charge in [0.1, 0.15) is 0 Å². The molecule has 1 N–H and O–H groups in total. The standard InChI is InChI=1S/C12H12O7/c1-6(13)18-9-4-8(12(15)16)5-10(11(9)17-3)19-7(2)14/h4-5H,1-3H3,(H,15,16). The minimum absolute atomic E-state index is 0.0320. The highest BCUT2D eigenvalue weighted by atomic mass is 16.6. The molecule has 0 saturated carbocycles. The van der Waals surface area contributed by atoms with Crippen LogP contribution in [-0.4, -0.2) is 30.1 Å². The van der Waals surface area contributed by atoms with Gasteiger partial charge in [0.2, 0.25) is 5.75 Å². The average Bonchev–Trinajstić information content (AvgIpc) is 2.26. The summed E-state index contributed by atoms with van der Waals surface area (Å²) in [6.45, 7) is 2.30. The van der Waals surface area contributed by atoms with Crippen LogP contribution in [0.2, 0.25) is 0 Å². The molecule has 7 heteroatoms. The number of ether oxygens (including phenoxy) is 3. The number of esters is 2. The van der Waals surface area contributed by atoms with Gasteiger partial charge in [-0.25, -0.2) is 4.79 Å². The Kier molecular flexibility index (Phi) is 4.46. The summed E-state index contributed by atoms with van der Waals surface area (Å²) in [5.41, 5.74) is -0.201. The van der Waals surface area contributed by atoms with Crippen LogP contribution < -0.4 is 14.2 Å². The van der Waals surface area contributed by atoms with E-state index < -0.39 is 17.9 Å². The first-order valence-corrected chi connectivity index (χ1v) is 5.17. The molecule has 0 aromatic heterocycles. The van der Waals surface area contributed by atoms with E-state index in [-0.39, 0.29) is 22.8 Å². The second-order valence-electron chi connectivity index (χ2n) is 3.50. The molecule has 0 saturated heterocycles. The van der Waals surface area contributed by atoms with Crippen molar-refractivity contribution in [3.63, 3.8) is 0 Å². The van der Waals surface area contributed by atoms with Crippen LogP contribution in [0.15, 0.2) is 12.1 Å². The van der Waals surface area contributed by atoms with E-state index >= 15 is 0 Å². The van der Waals surface area contributed by atoms with E-state index in [2.05, 4.69) is 0 Å². The molecule has 0 radical (unpaired) electrons. The van der Waals surface area contributed by atoms with Crippen molar-refractivity contribution in [1.82, 2.24) is 0 Å². The lowest BCUT2D eigenvalue weighted by Gasteiger charge is -2.13. The number of hydrogen-bond acceptors (Lipinski definition) is 6. The SMILES string of the molecule is COc1c(OC(C)=O)cc(C(=O)O)cc1OC(C)=O. The van der Waals surface area contributed by atoms with Crippen LogP contribution in [0.5, 0.6) is 17.2 Å². The number of aromatic carboxylic acids is 1. The Balaban J connectivity index is 3.41. The Morgan fingerprint density at radius 3 is 1.68 bits per heavy atom. The van der Waals surface area contributed by atoms with Crippen molar-refractivity contribution in [2.24, 2.45) is 0 Å². The van der Waals surface area contributed by atoms with Crippen molar-refractivity contribution in [3.8, 4) is 17.2 Å². The predicted octanol–water partition coefficient (Wildman–Crippen LogP) is 1.24. The largest absolute Gasteiger partial charge is 0.490 e. The van der Waals surface area contributed by atoms with Gasteiger partial charge < -0.3 is 19.3 Å². The molecule has 0 fully saturated rings. The van der Waals surface area contributed by atoms with E-state index in [9.17, 15) is 14.4 Å². The summed E-state index contributed by atoms with van der Waals surface area (Å²) < 4.78 is 14.6. The number of benzene rings is 1. The summed E-state index contributed by atoms with van der Waals surface area (Å²) in [4.78, 5) is 32.9. The van der Waals surface area contributed by atoms with Crippen LogP contribution in [0.3, 0.4) is 0 Å². The van der Waals surface area contributed by atoms with E-state index in [1.807, 2.05) is 0 Å². The maximum Gasteiger partial charge on any atom is 0.335 e. The van der Waals surface area contributed by atoms with E-state index in [0.29, 0.717) is 0 Å². The van der Waals surface area contributed by atoms with Gasteiger partial charge in [0, 0.05) is 13.8 Å².